The first kappa shape index (κ1) is 14.5. The van der Waals surface area contributed by atoms with E-state index >= 15 is 0 Å². The number of amides is 1. The number of benzene rings is 1. The molecular weight excluding hydrogens is 258 g/mol. The predicted octanol–water partition coefficient (Wildman–Crippen LogP) is 1.12. The highest BCUT2D eigenvalue weighted by Gasteiger charge is 2.34. The van der Waals surface area contributed by atoms with Crippen molar-refractivity contribution in [3.8, 4) is 0 Å². The lowest BCUT2D eigenvalue weighted by Gasteiger charge is -2.22. The lowest BCUT2D eigenvalue weighted by atomic mass is 9.94. The number of carbonyl (C=O) groups is 2. The van der Waals surface area contributed by atoms with Crippen molar-refractivity contribution in [1.29, 1.82) is 0 Å². The number of hydrogen-bond donors (Lipinski definition) is 3. The van der Waals surface area contributed by atoms with E-state index in [1.165, 1.54) is 6.92 Å². The molecule has 0 radical (unpaired) electrons. The molecule has 0 saturated heterocycles. The van der Waals surface area contributed by atoms with Gasteiger partial charge in [-0.15, -0.1) is 0 Å². The van der Waals surface area contributed by atoms with Gasteiger partial charge in [0.1, 0.15) is 0 Å². The van der Waals surface area contributed by atoms with Gasteiger partial charge in [0.05, 0.1) is 18.1 Å². The fourth-order valence-electron chi connectivity index (χ4n) is 2.47. The summed E-state index contributed by atoms with van der Waals surface area (Å²) in [5.74, 6) is -2.75. The Morgan fingerprint density at radius 1 is 1.25 bits per heavy atom. The zero-order valence-corrected chi connectivity index (χ0v) is 11.5. The van der Waals surface area contributed by atoms with Gasteiger partial charge in [-0.25, -0.2) is 0 Å². The van der Waals surface area contributed by atoms with E-state index in [9.17, 15) is 14.7 Å². The minimum Gasteiger partial charge on any atom is -0.481 e. The molecule has 5 heteroatoms. The summed E-state index contributed by atoms with van der Waals surface area (Å²) in [5.41, 5.74) is 1.92. The minimum atomic E-state index is -1.000. The second kappa shape index (κ2) is 5.63. The molecule has 2 rings (SSSR count). The number of carbonyl (C=O) groups excluding carboxylic acids is 1. The van der Waals surface area contributed by atoms with Gasteiger partial charge in [-0.1, -0.05) is 38.1 Å². The molecule has 1 amide bonds. The molecule has 4 atom stereocenters. The SMILES string of the molecule is CC(C(=O)O)C(C)C(=O)N[C@@H]1c2ccccc2C[C@@H]1O. The molecule has 1 aliphatic rings. The van der Waals surface area contributed by atoms with Crippen LogP contribution in [0.25, 0.3) is 0 Å². The Morgan fingerprint density at radius 3 is 2.55 bits per heavy atom. The van der Waals surface area contributed by atoms with Gasteiger partial charge in [0.25, 0.3) is 0 Å². The van der Waals surface area contributed by atoms with Gasteiger partial charge in [0.15, 0.2) is 0 Å². The normalized spacial score (nSPS) is 23.8. The molecule has 2 unspecified atom stereocenters. The number of hydrogen-bond acceptors (Lipinski definition) is 3. The van der Waals surface area contributed by atoms with Crippen molar-refractivity contribution in [1.82, 2.24) is 5.32 Å². The monoisotopic (exact) mass is 277 g/mol. The summed E-state index contributed by atoms with van der Waals surface area (Å²) in [7, 11) is 0. The Hall–Kier alpha value is -1.88. The van der Waals surface area contributed by atoms with Crippen LogP contribution in [-0.2, 0) is 16.0 Å². The summed E-state index contributed by atoms with van der Waals surface area (Å²) in [4.78, 5) is 23.0. The van der Waals surface area contributed by atoms with E-state index < -0.39 is 30.0 Å². The molecule has 0 spiro atoms. The fourth-order valence-corrected chi connectivity index (χ4v) is 2.47. The topological polar surface area (TPSA) is 86.6 Å². The molecule has 0 bridgehead atoms. The van der Waals surface area contributed by atoms with Crippen LogP contribution in [0.2, 0.25) is 0 Å². The van der Waals surface area contributed by atoms with E-state index in [-0.39, 0.29) is 5.91 Å². The van der Waals surface area contributed by atoms with E-state index in [0.717, 1.165) is 11.1 Å². The van der Waals surface area contributed by atoms with E-state index in [2.05, 4.69) is 5.32 Å². The highest BCUT2D eigenvalue weighted by Crippen LogP contribution is 2.31. The third-order valence-electron chi connectivity index (χ3n) is 4.05. The Bertz CT molecular complexity index is 528. The van der Waals surface area contributed by atoms with E-state index in [1.54, 1.807) is 6.92 Å². The quantitative estimate of drug-likeness (QED) is 0.769. The van der Waals surface area contributed by atoms with Gasteiger partial charge in [0, 0.05) is 12.3 Å². The highest BCUT2D eigenvalue weighted by atomic mass is 16.4. The predicted molar refractivity (Wildman–Crippen MR) is 73.0 cm³/mol. The molecule has 0 aliphatic heterocycles. The van der Waals surface area contributed by atoms with Crippen molar-refractivity contribution in [2.24, 2.45) is 11.8 Å². The standard InChI is InChI=1S/C15H19NO4/c1-8(9(2)15(19)20)14(18)16-13-11-6-4-3-5-10(11)7-12(13)17/h3-6,8-9,12-13,17H,7H2,1-2H3,(H,16,18)(H,19,20)/t8?,9?,12-,13+/m0/s1. The van der Waals surface area contributed by atoms with Crippen molar-refractivity contribution in [3.05, 3.63) is 35.4 Å². The first-order chi connectivity index (χ1) is 9.41. The van der Waals surface area contributed by atoms with Gasteiger partial charge in [-0.2, -0.15) is 0 Å². The van der Waals surface area contributed by atoms with Crippen LogP contribution in [0.4, 0.5) is 0 Å². The number of aliphatic carboxylic acids is 1. The van der Waals surface area contributed by atoms with Gasteiger partial charge < -0.3 is 15.5 Å². The van der Waals surface area contributed by atoms with E-state index in [1.807, 2.05) is 24.3 Å². The molecule has 108 valence electrons. The Balaban J connectivity index is 2.10. The molecule has 0 fully saturated rings. The average molecular weight is 277 g/mol. The maximum Gasteiger partial charge on any atom is 0.307 e. The highest BCUT2D eigenvalue weighted by molar-refractivity contribution is 5.84. The second-order valence-corrected chi connectivity index (χ2v) is 5.37. The number of carboxylic acids is 1. The fraction of sp³-hybridized carbons (Fsp3) is 0.467. The lowest BCUT2D eigenvalue weighted by Crippen LogP contribution is -2.40. The molecule has 3 N–H and O–H groups in total. The molecule has 5 nitrogen and oxygen atoms in total. The van der Waals surface area contributed by atoms with Gasteiger partial charge in [-0.05, 0) is 11.1 Å². The Kier molecular flexibility index (Phi) is 4.09. The van der Waals surface area contributed by atoms with Crippen molar-refractivity contribution >= 4 is 11.9 Å². The Morgan fingerprint density at radius 2 is 1.90 bits per heavy atom. The van der Waals surface area contributed by atoms with Crippen LogP contribution in [0.3, 0.4) is 0 Å². The summed E-state index contributed by atoms with van der Waals surface area (Å²) >= 11 is 0. The molecule has 0 aromatic heterocycles. The minimum absolute atomic E-state index is 0.347. The number of nitrogens with one attached hydrogen (secondary N) is 1. The van der Waals surface area contributed by atoms with Crippen LogP contribution in [-0.4, -0.2) is 28.2 Å². The maximum absolute atomic E-state index is 12.1. The summed E-state index contributed by atoms with van der Waals surface area (Å²) in [6.45, 7) is 3.09. The molecule has 20 heavy (non-hydrogen) atoms. The van der Waals surface area contributed by atoms with Crippen molar-refractivity contribution in [2.75, 3.05) is 0 Å². The largest absolute Gasteiger partial charge is 0.481 e. The Labute approximate surface area is 117 Å². The van der Waals surface area contributed by atoms with E-state index in [0.29, 0.717) is 6.42 Å². The molecule has 1 aromatic carbocycles. The number of aliphatic hydroxyl groups is 1. The first-order valence-corrected chi connectivity index (χ1v) is 6.71. The molecule has 1 aromatic rings. The summed E-state index contributed by atoms with van der Waals surface area (Å²) < 4.78 is 0. The smallest absolute Gasteiger partial charge is 0.307 e. The molecule has 0 saturated carbocycles. The van der Waals surface area contributed by atoms with Crippen LogP contribution in [0, 0.1) is 11.8 Å². The van der Waals surface area contributed by atoms with Crippen molar-refractivity contribution in [3.63, 3.8) is 0 Å². The maximum atomic E-state index is 12.1. The third-order valence-corrected chi connectivity index (χ3v) is 4.05. The van der Waals surface area contributed by atoms with E-state index in [4.69, 9.17) is 5.11 Å². The number of aliphatic hydroxyl groups excluding tert-OH is 1. The third kappa shape index (κ3) is 2.67. The molecular formula is C15H19NO4. The van der Waals surface area contributed by atoms with Crippen LogP contribution in [0.1, 0.15) is 31.0 Å². The van der Waals surface area contributed by atoms with Gasteiger partial charge >= 0.3 is 5.97 Å². The average Bonchev–Trinajstić information content (AvgIpc) is 2.73. The number of rotatable bonds is 4. The molecule has 0 heterocycles. The van der Waals surface area contributed by atoms with Crippen LogP contribution in [0.15, 0.2) is 24.3 Å². The molecule has 1 aliphatic carbocycles. The second-order valence-electron chi connectivity index (χ2n) is 5.37. The van der Waals surface area contributed by atoms with Crippen LogP contribution >= 0.6 is 0 Å². The number of carboxylic acid groups (broad SMARTS) is 1. The van der Waals surface area contributed by atoms with Crippen LogP contribution < -0.4 is 5.32 Å². The summed E-state index contributed by atoms with van der Waals surface area (Å²) in [6, 6.07) is 7.10. The van der Waals surface area contributed by atoms with Crippen molar-refractivity contribution < 1.29 is 19.8 Å². The van der Waals surface area contributed by atoms with Gasteiger partial charge in [0.2, 0.25) is 5.91 Å². The van der Waals surface area contributed by atoms with Gasteiger partial charge in [-0.3, -0.25) is 9.59 Å². The summed E-state index contributed by atoms with van der Waals surface area (Å²) in [6.07, 6.45) is -0.159. The van der Waals surface area contributed by atoms with Crippen molar-refractivity contribution in [2.45, 2.75) is 32.4 Å². The number of fused-ring (bicyclic) bond motifs is 1. The van der Waals surface area contributed by atoms with Crippen LogP contribution in [0.5, 0.6) is 0 Å². The first-order valence-electron chi connectivity index (χ1n) is 6.71. The zero-order chi connectivity index (χ0) is 14.9. The lowest BCUT2D eigenvalue weighted by molar-refractivity contribution is -0.146. The summed E-state index contributed by atoms with van der Waals surface area (Å²) in [5, 5.41) is 21.8. The zero-order valence-electron chi connectivity index (χ0n) is 11.5.